The van der Waals surface area contributed by atoms with E-state index in [9.17, 15) is 4.79 Å². The van der Waals surface area contributed by atoms with Crippen LogP contribution in [0.25, 0.3) is 0 Å². The normalized spacial score (nSPS) is 43.2. The summed E-state index contributed by atoms with van der Waals surface area (Å²) >= 11 is 0. The van der Waals surface area contributed by atoms with Crippen LogP contribution in [0.2, 0.25) is 0 Å². The second-order valence-electron chi connectivity index (χ2n) is 11.5. The lowest BCUT2D eigenvalue weighted by Crippen LogP contribution is -2.66. The Labute approximate surface area is 169 Å². The largest absolute Gasteiger partial charge is 0.342 e. The smallest absolute Gasteiger partial charge is 0.228 e. The number of rotatable bonds is 2. The van der Waals surface area contributed by atoms with E-state index >= 15 is 0 Å². The lowest BCUT2D eigenvalue weighted by molar-refractivity contribution is -0.172. The molecule has 7 rings (SSSR count). The summed E-state index contributed by atoms with van der Waals surface area (Å²) in [6.45, 7) is 5.58. The first-order chi connectivity index (χ1) is 13.4. The van der Waals surface area contributed by atoms with Gasteiger partial charge in [0.15, 0.2) is 0 Å². The topological polar surface area (TPSA) is 32.3 Å². The van der Waals surface area contributed by atoms with Gasteiger partial charge in [0.25, 0.3) is 0 Å². The van der Waals surface area contributed by atoms with Gasteiger partial charge >= 0.3 is 0 Å². The third kappa shape index (κ3) is 2.41. The zero-order valence-corrected chi connectivity index (χ0v) is 17.3. The molecule has 4 bridgehead atoms. The van der Waals surface area contributed by atoms with Crippen LogP contribution in [0, 0.1) is 16.7 Å². The molecule has 4 aliphatic carbocycles. The maximum absolute atomic E-state index is 14.0. The Morgan fingerprint density at radius 1 is 1.00 bits per heavy atom. The number of carbonyl (C=O) groups is 1. The summed E-state index contributed by atoms with van der Waals surface area (Å²) in [5.74, 6) is 1.24. The van der Waals surface area contributed by atoms with Crippen LogP contribution in [-0.2, 0) is 10.2 Å². The van der Waals surface area contributed by atoms with Crippen molar-refractivity contribution in [2.24, 2.45) is 16.7 Å². The van der Waals surface area contributed by atoms with Gasteiger partial charge in [-0.2, -0.15) is 0 Å². The molecule has 1 amide bonds. The fourth-order valence-electron chi connectivity index (χ4n) is 8.65. The summed E-state index contributed by atoms with van der Waals surface area (Å²) in [5.41, 5.74) is 2.35. The van der Waals surface area contributed by atoms with Gasteiger partial charge in [0.2, 0.25) is 5.91 Å². The molecule has 6 fully saturated rings. The number of piperidine rings is 1. The van der Waals surface area contributed by atoms with E-state index in [0.29, 0.717) is 16.9 Å². The van der Waals surface area contributed by atoms with Crippen molar-refractivity contribution in [1.82, 2.24) is 10.2 Å². The third-order valence-corrected chi connectivity index (χ3v) is 9.30. The maximum atomic E-state index is 14.0. The van der Waals surface area contributed by atoms with Crippen molar-refractivity contribution in [3.63, 3.8) is 0 Å². The number of nitrogens with one attached hydrogen (secondary N) is 1. The van der Waals surface area contributed by atoms with Gasteiger partial charge in [-0.15, -0.1) is 0 Å². The fraction of sp³-hybridized carbons (Fsp3) is 0.720. The van der Waals surface area contributed by atoms with Gasteiger partial charge in [0, 0.05) is 18.6 Å². The van der Waals surface area contributed by atoms with Crippen molar-refractivity contribution in [3.05, 3.63) is 35.9 Å². The highest BCUT2D eigenvalue weighted by molar-refractivity contribution is 5.84. The van der Waals surface area contributed by atoms with Crippen molar-refractivity contribution >= 4 is 5.91 Å². The zero-order chi connectivity index (χ0) is 19.0. The number of hydrogen-bond acceptors (Lipinski definition) is 2. The van der Waals surface area contributed by atoms with Gasteiger partial charge in [0.1, 0.15) is 0 Å². The van der Waals surface area contributed by atoms with Crippen LogP contribution in [0.15, 0.2) is 30.3 Å². The average Bonchev–Trinajstić information content (AvgIpc) is 2.65. The Morgan fingerprint density at radius 2 is 1.75 bits per heavy atom. The molecule has 1 spiro atoms. The Balaban J connectivity index is 1.31. The van der Waals surface area contributed by atoms with Crippen LogP contribution in [0.1, 0.15) is 70.3 Å². The van der Waals surface area contributed by atoms with Crippen molar-refractivity contribution in [1.29, 1.82) is 0 Å². The molecule has 1 aromatic carbocycles. The van der Waals surface area contributed by atoms with Crippen molar-refractivity contribution < 1.29 is 4.79 Å². The van der Waals surface area contributed by atoms with E-state index < -0.39 is 0 Å². The quantitative estimate of drug-likeness (QED) is 0.833. The standard InChI is InChI=1S/C25H34N2O/c1-22-13-19-14-23(16-22,20-5-3-2-4-6-20)18-24(15-19,17-22)21(28)27-11-8-25(9-12-27)7-10-26-25/h2-6,19,26H,7-18H2,1H3. The second kappa shape index (κ2) is 5.62. The maximum Gasteiger partial charge on any atom is 0.228 e. The summed E-state index contributed by atoms with van der Waals surface area (Å²) in [7, 11) is 0. The molecule has 28 heavy (non-hydrogen) atoms. The summed E-state index contributed by atoms with van der Waals surface area (Å²) in [4.78, 5) is 16.3. The minimum atomic E-state index is -0.0957. The Hall–Kier alpha value is -1.35. The van der Waals surface area contributed by atoms with Crippen molar-refractivity contribution in [2.45, 2.75) is 75.7 Å². The second-order valence-corrected chi connectivity index (χ2v) is 11.5. The van der Waals surface area contributed by atoms with Crippen LogP contribution in [0.3, 0.4) is 0 Å². The number of likely N-dealkylation sites (tertiary alicyclic amines) is 1. The van der Waals surface area contributed by atoms with Crippen molar-refractivity contribution in [3.8, 4) is 0 Å². The van der Waals surface area contributed by atoms with Crippen LogP contribution in [0.4, 0.5) is 0 Å². The lowest BCUT2D eigenvalue weighted by atomic mass is 9.38. The minimum absolute atomic E-state index is 0.0957. The Bertz CT molecular complexity index is 792. The highest BCUT2D eigenvalue weighted by Crippen LogP contribution is 2.70. The molecule has 1 aromatic rings. The lowest BCUT2D eigenvalue weighted by Gasteiger charge is -2.66. The summed E-state index contributed by atoms with van der Waals surface area (Å²) in [5, 5.41) is 3.65. The SMILES string of the molecule is CC12CC3CC(C(=O)N4CCC5(CCN5)CC4)(C1)CC(c1ccccc1)(C3)C2. The van der Waals surface area contributed by atoms with E-state index in [1.54, 1.807) is 0 Å². The van der Waals surface area contributed by atoms with E-state index in [0.717, 1.165) is 57.7 Å². The number of nitrogens with zero attached hydrogens (tertiary/aromatic N) is 1. The van der Waals surface area contributed by atoms with Gasteiger partial charge in [-0.25, -0.2) is 0 Å². The first-order valence-corrected chi connectivity index (χ1v) is 11.5. The first-order valence-electron chi connectivity index (χ1n) is 11.5. The minimum Gasteiger partial charge on any atom is -0.342 e. The average molecular weight is 379 g/mol. The molecule has 3 heteroatoms. The van der Waals surface area contributed by atoms with E-state index in [2.05, 4.69) is 47.5 Å². The number of amides is 1. The summed E-state index contributed by atoms with van der Waals surface area (Å²) in [6.07, 6.45) is 10.9. The number of benzene rings is 1. The predicted octanol–water partition coefficient (Wildman–Crippen LogP) is 4.27. The van der Waals surface area contributed by atoms with E-state index in [1.807, 2.05) is 0 Å². The van der Waals surface area contributed by atoms with Gasteiger partial charge < -0.3 is 10.2 Å². The molecule has 3 nitrogen and oxygen atoms in total. The van der Waals surface area contributed by atoms with Crippen LogP contribution >= 0.6 is 0 Å². The monoisotopic (exact) mass is 378 g/mol. The van der Waals surface area contributed by atoms with Crippen molar-refractivity contribution in [2.75, 3.05) is 19.6 Å². The fourth-order valence-corrected chi connectivity index (χ4v) is 8.65. The first kappa shape index (κ1) is 17.5. The Kier molecular flexibility index (Phi) is 3.51. The molecule has 150 valence electrons. The highest BCUT2D eigenvalue weighted by atomic mass is 16.2. The Morgan fingerprint density at radius 3 is 2.39 bits per heavy atom. The van der Waals surface area contributed by atoms with E-state index in [1.165, 1.54) is 31.2 Å². The molecule has 4 unspecified atom stereocenters. The molecule has 2 heterocycles. The molecular formula is C25H34N2O. The van der Waals surface area contributed by atoms with Gasteiger partial charge in [-0.3, -0.25) is 4.79 Å². The number of carbonyl (C=O) groups excluding carboxylic acids is 1. The third-order valence-electron chi connectivity index (χ3n) is 9.30. The molecule has 4 atom stereocenters. The molecular weight excluding hydrogens is 344 g/mol. The molecule has 2 saturated heterocycles. The molecule has 6 aliphatic rings. The number of hydrogen-bond donors (Lipinski definition) is 1. The molecule has 0 aromatic heterocycles. The predicted molar refractivity (Wildman–Crippen MR) is 111 cm³/mol. The molecule has 4 saturated carbocycles. The van der Waals surface area contributed by atoms with E-state index in [-0.39, 0.29) is 10.8 Å². The van der Waals surface area contributed by atoms with Gasteiger partial charge in [-0.1, -0.05) is 37.3 Å². The highest BCUT2D eigenvalue weighted by Gasteiger charge is 2.65. The van der Waals surface area contributed by atoms with Crippen LogP contribution in [0.5, 0.6) is 0 Å². The molecule has 1 N–H and O–H groups in total. The summed E-state index contributed by atoms with van der Waals surface area (Å²) < 4.78 is 0. The van der Waals surface area contributed by atoms with Gasteiger partial charge in [-0.05, 0) is 86.6 Å². The summed E-state index contributed by atoms with van der Waals surface area (Å²) in [6, 6.07) is 11.2. The van der Waals surface area contributed by atoms with Gasteiger partial charge in [0.05, 0.1) is 5.41 Å². The molecule has 2 aliphatic heterocycles. The van der Waals surface area contributed by atoms with Crippen LogP contribution in [-0.4, -0.2) is 36.0 Å². The van der Waals surface area contributed by atoms with E-state index in [4.69, 9.17) is 0 Å². The van der Waals surface area contributed by atoms with Crippen LogP contribution < -0.4 is 5.32 Å². The molecule has 0 radical (unpaired) electrons. The zero-order valence-electron chi connectivity index (χ0n) is 17.3.